The molecule has 1 saturated heterocycles. The SMILES string of the molecule is CC(C)[C@H](N)C(=O)N1CCN(C(=O)c2cccc(C(F)(F)F)c2)CC1. The Labute approximate surface area is 144 Å². The number of amides is 2. The molecule has 138 valence electrons. The first kappa shape index (κ1) is 19.2. The van der Waals surface area contributed by atoms with Crippen LogP contribution in [0.2, 0.25) is 0 Å². The Kier molecular flexibility index (Phi) is 5.72. The summed E-state index contributed by atoms with van der Waals surface area (Å²) in [6.45, 7) is 4.90. The van der Waals surface area contributed by atoms with Crippen molar-refractivity contribution >= 4 is 11.8 Å². The number of piperazine rings is 1. The predicted molar refractivity (Wildman–Crippen MR) is 86.7 cm³/mol. The van der Waals surface area contributed by atoms with Crippen LogP contribution in [0.15, 0.2) is 24.3 Å². The first-order valence-electron chi connectivity index (χ1n) is 8.12. The quantitative estimate of drug-likeness (QED) is 0.899. The van der Waals surface area contributed by atoms with Gasteiger partial charge in [-0.25, -0.2) is 0 Å². The van der Waals surface area contributed by atoms with E-state index in [0.29, 0.717) is 13.1 Å². The first-order chi connectivity index (χ1) is 11.6. The lowest BCUT2D eigenvalue weighted by atomic mass is 10.0. The molecule has 0 saturated carbocycles. The molecular formula is C17H22F3N3O2. The summed E-state index contributed by atoms with van der Waals surface area (Å²) < 4.78 is 38.3. The van der Waals surface area contributed by atoms with Gasteiger partial charge in [0.05, 0.1) is 11.6 Å². The molecule has 1 aliphatic rings. The van der Waals surface area contributed by atoms with Gasteiger partial charge in [0.1, 0.15) is 0 Å². The number of hydrogen-bond acceptors (Lipinski definition) is 3. The van der Waals surface area contributed by atoms with Crippen molar-refractivity contribution in [3.8, 4) is 0 Å². The highest BCUT2D eigenvalue weighted by molar-refractivity contribution is 5.94. The molecule has 0 spiro atoms. The molecule has 0 bridgehead atoms. The number of halogens is 3. The average molecular weight is 357 g/mol. The smallest absolute Gasteiger partial charge is 0.338 e. The van der Waals surface area contributed by atoms with Crippen molar-refractivity contribution in [1.29, 1.82) is 0 Å². The van der Waals surface area contributed by atoms with Crippen molar-refractivity contribution in [3.63, 3.8) is 0 Å². The fraction of sp³-hybridized carbons (Fsp3) is 0.529. The lowest BCUT2D eigenvalue weighted by Gasteiger charge is -2.36. The number of alkyl halides is 3. The van der Waals surface area contributed by atoms with Gasteiger partial charge in [0.2, 0.25) is 5.91 Å². The Morgan fingerprint density at radius 3 is 2.16 bits per heavy atom. The molecule has 1 atom stereocenters. The molecule has 1 heterocycles. The van der Waals surface area contributed by atoms with Gasteiger partial charge in [-0.05, 0) is 24.1 Å². The fourth-order valence-corrected chi connectivity index (χ4v) is 2.64. The zero-order chi connectivity index (χ0) is 18.8. The highest BCUT2D eigenvalue weighted by Crippen LogP contribution is 2.29. The van der Waals surface area contributed by atoms with E-state index in [1.807, 2.05) is 13.8 Å². The van der Waals surface area contributed by atoms with Crippen LogP contribution in [0.25, 0.3) is 0 Å². The number of nitrogens with zero attached hydrogens (tertiary/aromatic N) is 2. The molecule has 5 nitrogen and oxygen atoms in total. The van der Waals surface area contributed by atoms with Gasteiger partial charge >= 0.3 is 6.18 Å². The minimum Gasteiger partial charge on any atom is -0.338 e. The second-order valence-electron chi connectivity index (χ2n) is 6.47. The van der Waals surface area contributed by atoms with Crippen LogP contribution in [0.5, 0.6) is 0 Å². The summed E-state index contributed by atoms with van der Waals surface area (Å²) in [6, 6.07) is 3.78. The van der Waals surface area contributed by atoms with Crippen LogP contribution in [-0.4, -0.2) is 53.8 Å². The Morgan fingerprint density at radius 2 is 1.64 bits per heavy atom. The van der Waals surface area contributed by atoms with Gasteiger partial charge in [-0.3, -0.25) is 9.59 Å². The molecule has 1 fully saturated rings. The van der Waals surface area contributed by atoms with Crippen LogP contribution in [0.3, 0.4) is 0 Å². The van der Waals surface area contributed by atoms with Gasteiger partial charge in [0, 0.05) is 31.7 Å². The van der Waals surface area contributed by atoms with E-state index in [-0.39, 0.29) is 30.5 Å². The fourth-order valence-electron chi connectivity index (χ4n) is 2.64. The summed E-state index contributed by atoms with van der Waals surface area (Å²) in [6.07, 6.45) is -4.49. The number of hydrogen-bond donors (Lipinski definition) is 1. The van der Waals surface area contributed by atoms with Crippen LogP contribution in [0.1, 0.15) is 29.8 Å². The molecule has 2 rings (SSSR count). The Morgan fingerprint density at radius 1 is 1.08 bits per heavy atom. The second kappa shape index (κ2) is 7.43. The Bertz CT molecular complexity index is 638. The highest BCUT2D eigenvalue weighted by atomic mass is 19.4. The van der Waals surface area contributed by atoms with Crippen LogP contribution in [0.4, 0.5) is 13.2 Å². The molecule has 2 N–H and O–H groups in total. The third-order valence-corrected chi connectivity index (χ3v) is 4.32. The molecule has 1 aromatic rings. The van der Waals surface area contributed by atoms with Crippen molar-refractivity contribution in [2.45, 2.75) is 26.1 Å². The molecule has 8 heteroatoms. The third-order valence-electron chi connectivity index (χ3n) is 4.32. The van der Waals surface area contributed by atoms with E-state index < -0.39 is 23.7 Å². The van der Waals surface area contributed by atoms with Crippen molar-refractivity contribution in [2.75, 3.05) is 26.2 Å². The van der Waals surface area contributed by atoms with Gasteiger partial charge in [-0.2, -0.15) is 13.2 Å². The summed E-state index contributed by atoms with van der Waals surface area (Å²) in [5.74, 6) is -0.621. The van der Waals surface area contributed by atoms with E-state index in [0.717, 1.165) is 12.1 Å². The molecule has 2 amide bonds. The predicted octanol–water partition coefficient (Wildman–Crippen LogP) is 1.97. The minimum atomic E-state index is -4.49. The highest BCUT2D eigenvalue weighted by Gasteiger charge is 2.32. The van der Waals surface area contributed by atoms with Crippen LogP contribution >= 0.6 is 0 Å². The van der Waals surface area contributed by atoms with E-state index in [9.17, 15) is 22.8 Å². The zero-order valence-corrected chi connectivity index (χ0v) is 14.2. The third kappa shape index (κ3) is 4.50. The lowest BCUT2D eigenvalue weighted by molar-refractivity contribution is -0.137. The molecular weight excluding hydrogens is 335 g/mol. The van der Waals surface area contributed by atoms with Gasteiger partial charge in [-0.1, -0.05) is 19.9 Å². The number of benzene rings is 1. The minimum absolute atomic E-state index is 0.00603. The largest absolute Gasteiger partial charge is 0.416 e. The van der Waals surface area contributed by atoms with Crippen molar-refractivity contribution in [2.24, 2.45) is 11.7 Å². The summed E-state index contributed by atoms with van der Waals surface area (Å²) in [5.41, 5.74) is 5.00. The molecule has 25 heavy (non-hydrogen) atoms. The van der Waals surface area contributed by atoms with Crippen molar-refractivity contribution in [1.82, 2.24) is 9.80 Å². The lowest BCUT2D eigenvalue weighted by Crippen LogP contribution is -2.55. The first-order valence-corrected chi connectivity index (χ1v) is 8.12. The van der Waals surface area contributed by atoms with Crippen LogP contribution in [-0.2, 0) is 11.0 Å². The zero-order valence-electron chi connectivity index (χ0n) is 14.2. The van der Waals surface area contributed by atoms with E-state index in [2.05, 4.69) is 0 Å². The maximum absolute atomic E-state index is 12.8. The van der Waals surface area contributed by atoms with E-state index >= 15 is 0 Å². The average Bonchev–Trinajstić information content (AvgIpc) is 2.59. The van der Waals surface area contributed by atoms with Crippen molar-refractivity contribution in [3.05, 3.63) is 35.4 Å². The molecule has 0 radical (unpaired) electrons. The van der Waals surface area contributed by atoms with Gasteiger partial charge < -0.3 is 15.5 Å². The van der Waals surface area contributed by atoms with Crippen LogP contribution in [0, 0.1) is 5.92 Å². The normalized spacial score (nSPS) is 16.9. The molecule has 0 aromatic heterocycles. The monoisotopic (exact) mass is 357 g/mol. The Hall–Kier alpha value is -2.09. The van der Waals surface area contributed by atoms with Gasteiger partial charge in [-0.15, -0.1) is 0 Å². The Balaban J connectivity index is 2.01. The summed E-state index contributed by atoms with van der Waals surface area (Å²) in [4.78, 5) is 27.7. The number of carbonyl (C=O) groups is 2. The van der Waals surface area contributed by atoms with E-state index in [1.165, 1.54) is 17.0 Å². The van der Waals surface area contributed by atoms with Crippen LogP contribution < -0.4 is 5.73 Å². The number of nitrogens with two attached hydrogens (primary N) is 1. The summed E-state index contributed by atoms with van der Waals surface area (Å²) in [5, 5.41) is 0. The molecule has 1 aliphatic heterocycles. The standard InChI is InChI=1S/C17H22F3N3O2/c1-11(2)14(21)16(25)23-8-6-22(7-9-23)15(24)12-4-3-5-13(10-12)17(18,19)20/h3-5,10-11,14H,6-9,21H2,1-2H3/t14-/m0/s1. The molecule has 0 aliphatic carbocycles. The van der Waals surface area contributed by atoms with E-state index in [1.54, 1.807) is 4.90 Å². The topological polar surface area (TPSA) is 66.6 Å². The molecule has 0 unspecified atom stereocenters. The van der Waals surface area contributed by atoms with E-state index in [4.69, 9.17) is 5.73 Å². The number of carbonyl (C=O) groups excluding carboxylic acids is 2. The number of rotatable bonds is 3. The van der Waals surface area contributed by atoms with Gasteiger partial charge in [0.15, 0.2) is 0 Å². The second-order valence-corrected chi connectivity index (χ2v) is 6.47. The summed E-state index contributed by atoms with van der Waals surface area (Å²) in [7, 11) is 0. The maximum Gasteiger partial charge on any atom is 0.416 e. The summed E-state index contributed by atoms with van der Waals surface area (Å²) >= 11 is 0. The van der Waals surface area contributed by atoms with Gasteiger partial charge in [0.25, 0.3) is 5.91 Å². The molecule has 1 aromatic carbocycles. The maximum atomic E-state index is 12.8. The van der Waals surface area contributed by atoms with Crippen molar-refractivity contribution < 1.29 is 22.8 Å².